The van der Waals surface area contributed by atoms with E-state index in [2.05, 4.69) is 5.32 Å². The lowest BCUT2D eigenvalue weighted by Crippen LogP contribution is -2.38. The van der Waals surface area contributed by atoms with Crippen LogP contribution in [0.3, 0.4) is 0 Å². The lowest BCUT2D eigenvalue weighted by molar-refractivity contribution is -0.123. The molecule has 1 aromatic rings. The number of rotatable bonds is 5. The van der Waals surface area contributed by atoms with Crippen LogP contribution in [-0.4, -0.2) is 30.3 Å². The van der Waals surface area contributed by atoms with Crippen LogP contribution < -0.4 is 10.1 Å². The van der Waals surface area contributed by atoms with Gasteiger partial charge in [0.15, 0.2) is 6.61 Å². The van der Waals surface area contributed by atoms with Crippen LogP contribution >= 0.6 is 11.6 Å². The van der Waals surface area contributed by atoms with E-state index in [1.165, 1.54) is 0 Å². The maximum Gasteiger partial charge on any atom is 0.258 e. The van der Waals surface area contributed by atoms with Gasteiger partial charge in [0.25, 0.3) is 5.91 Å². The van der Waals surface area contributed by atoms with E-state index in [0.29, 0.717) is 10.8 Å². The summed E-state index contributed by atoms with van der Waals surface area (Å²) in [5.41, 5.74) is 1.01. The van der Waals surface area contributed by atoms with Gasteiger partial charge >= 0.3 is 0 Å². The second-order valence-corrected chi connectivity index (χ2v) is 4.28. The van der Waals surface area contributed by atoms with Crippen LogP contribution in [-0.2, 0) is 4.79 Å². The number of nitrogens with one attached hydrogen (secondary N) is 1. The Morgan fingerprint density at radius 1 is 1.59 bits per heavy atom. The molecule has 2 N–H and O–H groups in total. The Labute approximate surface area is 106 Å². The highest BCUT2D eigenvalue weighted by atomic mass is 35.5. The molecule has 0 bridgehead atoms. The molecular formula is C12H16ClNO3. The first-order valence-corrected chi connectivity index (χ1v) is 5.70. The maximum atomic E-state index is 11.4. The molecule has 0 aromatic heterocycles. The average molecular weight is 258 g/mol. The minimum Gasteiger partial charge on any atom is -0.482 e. The topological polar surface area (TPSA) is 58.6 Å². The Hall–Kier alpha value is -1.26. The molecular weight excluding hydrogens is 242 g/mol. The molecule has 5 heteroatoms. The van der Waals surface area contributed by atoms with Crippen LogP contribution in [0.2, 0.25) is 5.02 Å². The second-order valence-electron chi connectivity index (χ2n) is 3.87. The molecule has 1 aromatic carbocycles. The molecule has 0 saturated heterocycles. The number of carbonyl (C=O) groups excluding carboxylic acids is 1. The molecule has 0 aliphatic heterocycles. The average Bonchev–Trinajstić information content (AvgIpc) is 2.30. The molecule has 4 nitrogen and oxygen atoms in total. The highest BCUT2D eigenvalue weighted by Gasteiger charge is 2.08. The Bertz CT molecular complexity index is 395. The van der Waals surface area contributed by atoms with Gasteiger partial charge in [0.05, 0.1) is 11.6 Å². The third-order valence-corrected chi connectivity index (χ3v) is 2.44. The van der Waals surface area contributed by atoms with Crippen molar-refractivity contribution < 1.29 is 14.6 Å². The number of carbonyl (C=O) groups is 1. The third kappa shape index (κ3) is 4.63. The standard InChI is InChI=1S/C12H16ClNO3/c1-8-3-4-10(13)11(5-8)17-7-12(16)14-9(2)6-15/h3-5,9,15H,6-7H2,1-2H3,(H,14,16)/t9-/m1/s1. The normalized spacial score (nSPS) is 12.0. The number of benzene rings is 1. The van der Waals surface area contributed by atoms with Gasteiger partial charge in [-0.3, -0.25) is 4.79 Å². The second kappa shape index (κ2) is 6.47. The predicted molar refractivity (Wildman–Crippen MR) is 66.4 cm³/mol. The Morgan fingerprint density at radius 2 is 2.29 bits per heavy atom. The molecule has 0 fully saturated rings. The smallest absolute Gasteiger partial charge is 0.258 e. The van der Waals surface area contributed by atoms with E-state index in [1.54, 1.807) is 19.1 Å². The molecule has 0 radical (unpaired) electrons. The number of ether oxygens (including phenoxy) is 1. The molecule has 0 aliphatic carbocycles. The van der Waals surface area contributed by atoms with E-state index >= 15 is 0 Å². The van der Waals surface area contributed by atoms with Gasteiger partial charge in [-0.2, -0.15) is 0 Å². The minimum absolute atomic E-state index is 0.100. The van der Waals surface area contributed by atoms with Crippen molar-refractivity contribution in [1.82, 2.24) is 5.32 Å². The van der Waals surface area contributed by atoms with Gasteiger partial charge in [0.1, 0.15) is 5.75 Å². The summed E-state index contributed by atoms with van der Waals surface area (Å²) < 4.78 is 5.30. The molecule has 94 valence electrons. The van der Waals surface area contributed by atoms with Gasteiger partial charge in [-0.15, -0.1) is 0 Å². The van der Waals surface area contributed by atoms with Crippen LogP contribution in [0, 0.1) is 6.92 Å². The van der Waals surface area contributed by atoms with E-state index in [0.717, 1.165) is 5.56 Å². The quantitative estimate of drug-likeness (QED) is 0.841. The van der Waals surface area contributed by atoms with Gasteiger partial charge in [0, 0.05) is 6.04 Å². The van der Waals surface area contributed by atoms with Crippen molar-refractivity contribution in [3.63, 3.8) is 0 Å². The number of aliphatic hydroxyl groups excluding tert-OH is 1. The zero-order valence-corrected chi connectivity index (χ0v) is 10.6. The highest BCUT2D eigenvalue weighted by molar-refractivity contribution is 6.32. The molecule has 1 amide bonds. The lowest BCUT2D eigenvalue weighted by atomic mass is 10.2. The SMILES string of the molecule is Cc1ccc(Cl)c(OCC(=O)N[C@H](C)CO)c1. The third-order valence-electron chi connectivity index (χ3n) is 2.13. The van der Waals surface area contributed by atoms with Crippen LogP contribution in [0.5, 0.6) is 5.75 Å². The van der Waals surface area contributed by atoms with Gasteiger partial charge in [-0.1, -0.05) is 17.7 Å². The Kier molecular flexibility index (Phi) is 5.25. The van der Waals surface area contributed by atoms with Crippen molar-refractivity contribution in [3.8, 4) is 5.75 Å². The van der Waals surface area contributed by atoms with Crippen LogP contribution in [0.25, 0.3) is 0 Å². The fourth-order valence-corrected chi connectivity index (χ4v) is 1.40. The Morgan fingerprint density at radius 3 is 2.94 bits per heavy atom. The summed E-state index contributed by atoms with van der Waals surface area (Å²) in [4.78, 5) is 11.4. The van der Waals surface area contributed by atoms with Crippen LogP contribution in [0.15, 0.2) is 18.2 Å². The molecule has 0 heterocycles. The number of halogens is 1. The number of hydrogen-bond acceptors (Lipinski definition) is 3. The molecule has 0 saturated carbocycles. The number of hydrogen-bond donors (Lipinski definition) is 2. The lowest BCUT2D eigenvalue weighted by Gasteiger charge is -2.12. The zero-order valence-electron chi connectivity index (χ0n) is 9.87. The monoisotopic (exact) mass is 257 g/mol. The van der Waals surface area contributed by atoms with Crippen LogP contribution in [0.1, 0.15) is 12.5 Å². The Balaban J connectivity index is 2.50. The first kappa shape index (κ1) is 13.8. The summed E-state index contributed by atoms with van der Waals surface area (Å²) >= 11 is 5.92. The van der Waals surface area contributed by atoms with Crippen molar-refractivity contribution in [2.24, 2.45) is 0 Å². The van der Waals surface area contributed by atoms with E-state index in [9.17, 15) is 4.79 Å². The largest absolute Gasteiger partial charge is 0.482 e. The van der Waals surface area contributed by atoms with Gasteiger partial charge in [-0.05, 0) is 31.5 Å². The molecule has 0 aliphatic rings. The summed E-state index contributed by atoms with van der Waals surface area (Å²) in [6.07, 6.45) is 0. The van der Waals surface area contributed by atoms with E-state index < -0.39 is 0 Å². The molecule has 0 unspecified atom stereocenters. The summed E-state index contributed by atoms with van der Waals surface area (Å²) in [6.45, 7) is 3.40. The summed E-state index contributed by atoms with van der Waals surface area (Å²) in [5.74, 6) is 0.197. The van der Waals surface area contributed by atoms with Crippen LogP contribution in [0.4, 0.5) is 0 Å². The van der Waals surface area contributed by atoms with Crippen molar-refractivity contribution >= 4 is 17.5 Å². The van der Waals surface area contributed by atoms with Crippen molar-refractivity contribution in [2.75, 3.05) is 13.2 Å². The molecule has 1 atom stereocenters. The first-order chi connectivity index (χ1) is 8.02. The van der Waals surface area contributed by atoms with E-state index in [4.69, 9.17) is 21.4 Å². The number of aliphatic hydroxyl groups is 1. The first-order valence-electron chi connectivity index (χ1n) is 5.32. The van der Waals surface area contributed by atoms with Crippen molar-refractivity contribution in [2.45, 2.75) is 19.9 Å². The molecule has 1 rings (SSSR count). The maximum absolute atomic E-state index is 11.4. The number of amides is 1. The van der Waals surface area contributed by atoms with Gasteiger partial charge in [0.2, 0.25) is 0 Å². The summed E-state index contributed by atoms with van der Waals surface area (Å²) in [6, 6.07) is 5.08. The van der Waals surface area contributed by atoms with Crippen molar-refractivity contribution in [3.05, 3.63) is 28.8 Å². The number of aryl methyl sites for hydroxylation is 1. The predicted octanol–water partition coefficient (Wildman–Crippen LogP) is 1.52. The molecule has 17 heavy (non-hydrogen) atoms. The fourth-order valence-electron chi connectivity index (χ4n) is 1.23. The van der Waals surface area contributed by atoms with Crippen molar-refractivity contribution in [1.29, 1.82) is 0 Å². The zero-order chi connectivity index (χ0) is 12.8. The highest BCUT2D eigenvalue weighted by Crippen LogP contribution is 2.24. The van der Waals surface area contributed by atoms with E-state index in [1.807, 2.05) is 13.0 Å². The van der Waals surface area contributed by atoms with E-state index in [-0.39, 0.29) is 25.2 Å². The van der Waals surface area contributed by atoms with Gasteiger partial charge in [-0.25, -0.2) is 0 Å². The fraction of sp³-hybridized carbons (Fsp3) is 0.417. The molecule has 0 spiro atoms. The minimum atomic E-state index is -0.288. The summed E-state index contributed by atoms with van der Waals surface area (Å²) in [5, 5.41) is 11.8. The van der Waals surface area contributed by atoms with Gasteiger partial charge < -0.3 is 15.2 Å². The summed E-state index contributed by atoms with van der Waals surface area (Å²) in [7, 11) is 0.